The summed E-state index contributed by atoms with van der Waals surface area (Å²) in [4.78, 5) is 28.4. The van der Waals surface area contributed by atoms with Gasteiger partial charge in [0.05, 0.1) is 12.5 Å². The van der Waals surface area contributed by atoms with Crippen molar-refractivity contribution in [3.05, 3.63) is 30.1 Å². The molecular weight excluding hydrogens is 234 g/mol. The zero-order valence-corrected chi connectivity index (χ0v) is 9.87. The zero-order valence-electron chi connectivity index (χ0n) is 9.87. The van der Waals surface area contributed by atoms with Gasteiger partial charge in [0, 0.05) is 32.0 Å². The van der Waals surface area contributed by atoms with Crippen LogP contribution in [0.3, 0.4) is 0 Å². The lowest BCUT2D eigenvalue weighted by atomic mass is 10.1. The SMILES string of the molecule is O=C(O)C1CNCC(=O)N(Cc2cccnc2)C1. The first-order chi connectivity index (χ1) is 8.66. The van der Waals surface area contributed by atoms with Crippen molar-refractivity contribution in [1.29, 1.82) is 0 Å². The van der Waals surface area contributed by atoms with Gasteiger partial charge in [-0.05, 0) is 11.6 Å². The van der Waals surface area contributed by atoms with Crippen LogP contribution in [0, 0.1) is 5.92 Å². The van der Waals surface area contributed by atoms with Crippen LogP contribution in [0.2, 0.25) is 0 Å². The summed E-state index contributed by atoms with van der Waals surface area (Å²) < 4.78 is 0. The lowest BCUT2D eigenvalue weighted by Crippen LogP contribution is -2.36. The zero-order chi connectivity index (χ0) is 13.0. The number of carboxylic acids is 1. The normalized spacial score (nSPS) is 20.6. The van der Waals surface area contributed by atoms with Crippen LogP contribution < -0.4 is 5.32 Å². The molecule has 6 nitrogen and oxygen atoms in total. The smallest absolute Gasteiger partial charge is 0.309 e. The predicted octanol–water partition coefficient (Wildman–Crippen LogP) is -0.286. The minimum Gasteiger partial charge on any atom is -0.481 e. The number of amides is 1. The van der Waals surface area contributed by atoms with Crippen LogP contribution in [0.15, 0.2) is 24.5 Å². The average molecular weight is 249 g/mol. The van der Waals surface area contributed by atoms with E-state index in [1.165, 1.54) is 0 Å². The van der Waals surface area contributed by atoms with E-state index in [-0.39, 0.29) is 19.0 Å². The van der Waals surface area contributed by atoms with E-state index >= 15 is 0 Å². The fourth-order valence-corrected chi connectivity index (χ4v) is 1.93. The summed E-state index contributed by atoms with van der Waals surface area (Å²) in [5, 5.41) is 11.9. The molecule has 6 heteroatoms. The molecular formula is C12H15N3O3. The summed E-state index contributed by atoms with van der Waals surface area (Å²) >= 11 is 0. The van der Waals surface area contributed by atoms with Gasteiger partial charge in [0.25, 0.3) is 0 Å². The standard InChI is InChI=1S/C12H15N3O3/c16-11-6-14-5-10(12(17)18)8-15(11)7-9-2-1-3-13-4-9/h1-4,10,14H,5-8H2,(H,17,18). The molecule has 0 saturated carbocycles. The fraction of sp³-hybridized carbons (Fsp3) is 0.417. The second-order valence-electron chi connectivity index (χ2n) is 4.30. The number of carboxylic acid groups (broad SMARTS) is 1. The molecule has 2 heterocycles. The summed E-state index contributed by atoms with van der Waals surface area (Å²) in [6.07, 6.45) is 3.34. The molecule has 0 bridgehead atoms. The first-order valence-electron chi connectivity index (χ1n) is 5.77. The van der Waals surface area contributed by atoms with E-state index in [0.29, 0.717) is 13.1 Å². The number of hydrogen-bond acceptors (Lipinski definition) is 4. The minimum absolute atomic E-state index is 0.0809. The van der Waals surface area contributed by atoms with Gasteiger partial charge in [-0.25, -0.2) is 0 Å². The van der Waals surface area contributed by atoms with Crippen LogP contribution >= 0.6 is 0 Å². The molecule has 1 amide bonds. The summed E-state index contributed by atoms with van der Waals surface area (Å²) in [6, 6.07) is 3.67. The van der Waals surface area contributed by atoms with Crippen LogP contribution in [0.1, 0.15) is 5.56 Å². The summed E-state index contributed by atoms with van der Waals surface area (Å²) in [5.41, 5.74) is 0.900. The molecule has 1 fully saturated rings. The Hall–Kier alpha value is -1.95. The molecule has 1 aromatic rings. The van der Waals surface area contributed by atoms with Crippen molar-refractivity contribution >= 4 is 11.9 Å². The molecule has 1 aromatic heterocycles. The largest absolute Gasteiger partial charge is 0.481 e. The van der Waals surface area contributed by atoms with Crippen molar-refractivity contribution in [2.24, 2.45) is 5.92 Å². The molecule has 1 aliphatic heterocycles. The lowest BCUT2D eigenvalue weighted by molar-refractivity contribution is -0.142. The molecule has 1 unspecified atom stereocenters. The van der Waals surface area contributed by atoms with Crippen molar-refractivity contribution in [3.63, 3.8) is 0 Å². The molecule has 0 aliphatic carbocycles. The summed E-state index contributed by atoms with van der Waals surface area (Å²) in [6.45, 7) is 1.14. The molecule has 0 radical (unpaired) electrons. The molecule has 18 heavy (non-hydrogen) atoms. The number of rotatable bonds is 3. The first-order valence-corrected chi connectivity index (χ1v) is 5.77. The number of carbonyl (C=O) groups is 2. The molecule has 96 valence electrons. The van der Waals surface area contributed by atoms with Crippen molar-refractivity contribution < 1.29 is 14.7 Å². The highest BCUT2D eigenvalue weighted by Gasteiger charge is 2.27. The monoisotopic (exact) mass is 249 g/mol. The molecule has 1 saturated heterocycles. The van der Waals surface area contributed by atoms with Gasteiger partial charge in [-0.3, -0.25) is 14.6 Å². The molecule has 0 spiro atoms. The fourth-order valence-electron chi connectivity index (χ4n) is 1.93. The number of pyridine rings is 1. The van der Waals surface area contributed by atoms with E-state index in [0.717, 1.165) is 5.56 Å². The van der Waals surface area contributed by atoms with E-state index in [9.17, 15) is 9.59 Å². The van der Waals surface area contributed by atoms with Gasteiger partial charge in [-0.15, -0.1) is 0 Å². The lowest BCUT2D eigenvalue weighted by Gasteiger charge is -2.22. The van der Waals surface area contributed by atoms with Gasteiger partial charge < -0.3 is 15.3 Å². The Morgan fingerprint density at radius 3 is 3.11 bits per heavy atom. The van der Waals surface area contributed by atoms with E-state index in [1.54, 1.807) is 23.4 Å². The van der Waals surface area contributed by atoms with Gasteiger partial charge in [0.1, 0.15) is 0 Å². The van der Waals surface area contributed by atoms with E-state index in [4.69, 9.17) is 5.11 Å². The molecule has 2 N–H and O–H groups in total. The van der Waals surface area contributed by atoms with E-state index < -0.39 is 11.9 Å². The highest BCUT2D eigenvalue weighted by Crippen LogP contribution is 2.09. The second kappa shape index (κ2) is 5.59. The summed E-state index contributed by atoms with van der Waals surface area (Å²) in [5.74, 6) is -1.52. The van der Waals surface area contributed by atoms with Crippen molar-refractivity contribution in [1.82, 2.24) is 15.2 Å². The van der Waals surface area contributed by atoms with Crippen LogP contribution in [0.4, 0.5) is 0 Å². The molecule has 1 aliphatic rings. The van der Waals surface area contributed by atoms with Gasteiger partial charge in [-0.1, -0.05) is 6.07 Å². The predicted molar refractivity (Wildman–Crippen MR) is 63.6 cm³/mol. The Bertz CT molecular complexity index is 435. The van der Waals surface area contributed by atoms with E-state index in [1.807, 2.05) is 6.07 Å². The Balaban J connectivity index is 2.08. The van der Waals surface area contributed by atoms with Crippen LogP contribution in [-0.4, -0.2) is 46.5 Å². The molecule has 1 atom stereocenters. The third-order valence-electron chi connectivity index (χ3n) is 2.91. The van der Waals surface area contributed by atoms with Gasteiger partial charge >= 0.3 is 5.97 Å². The Kier molecular flexibility index (Phi) is 3.88. The maximum atomic E-state index is 11.8. The van der Waals surface area contributed by atoms with Crippen molar-refractivity contribution in [2.75, 3.05) is 19.6 Å². The first kappa shape index (κ1) is 12.5. The highest BCUT2D eigenvalue weighted by atomic mass is 16.4. The number of hydrogen-bond donors (Lipinski definition) is 2. The number of carbonyl (C=O) groups excluding carboxylic acids is 1. The van der Waals surface area contributed by atoms with Crippen LogP contribution in [0.25, 0.3) is 0 Å². The Labute approximate surface area is 105 Å². The van der Waals surface area contributed by atoms with Crippen molar-refractivity contribution in [2.45, 2.75) is 6.54 Å². The second-order valence-corrected chi connectivity index (χ2v) is 4.30. The average Bonchev–Trinajstić information content (AvgIpc) is 2.54. The topological polar surface area (TPSA) is 82.5 Å². The molecule has 0 aromatic carbocycles. The summed E-state index contributed by atoms with van der Waals surface area (Å²) in [7, 11) is 0. The quantitative estimate of drug-likeness (QED) is 0.769. The maximum absolute atomic E-state index is 11.8. The number of nitrogens with zero attached hydrogens (tertiary/aromatic N) is 2. The minimum atomic E-state index is -0.881. The number of aliphatic carboxylic acids is 1. The molecule has 2 rings (SSSR count). The number of nitrogens with one attached hydrogen (secondary N) is 1. The van der Waals surface area contributed by atoms with Crippen molar-refractivity contribution in [3.8, 4) is 0 Å². The number of aromatic nitrogens is 1. The Morgan fingerprint density at radius 1 is 1.61 bits per heavy atom. The van der Waals surface area contributed by atoms with E-state index in [2.05, 4.69) is 10.3 Å². The van der Waals surface area contributed by atoms with Crippen LogP contribution in [0.5, 0.6) is 0 Å². The van der Waals surface area contributed by atoms with Crippen LogP contribution in [-0.2, 0) is 16.1 Å². The van der Waals surface area contributed by atoms with Gasteiger partial charge in [0.15, 0.2) is 0 Å². The highest BCUT2D eigenvalue weighted by molar-refractivity contribution is 5.80. The third-order valence-corrected chi connectivity index (χ3v) is 2.91. The van der Waals surface area contributed by atoms with Gasteiger partial charge in [0.2, 0.25) is 5.91 Å². The van der Waals surface area contributed by atoms with Gasteiger partial charge in [-0.2, -0.15) is 0 Å². The maximum Gasteiger partial charge on any atom is 0.309 e. The Morgan fingerprint density at radius 2 is 2.44 bits per heavy atom. The third kappa shape index (κ3) is 3.04.